The standard InChI is InChI=1S/C23H16N4O4S2/c28-22-15-9-17-18(30-13-29-17)10-16(15)24-23(27(22)11-14-5-2-1-3-6-14)33-12-20-25-21(26-31-20)19-7-4-8-32-19/h1-10H,11-13H2. The summed E-state index contributed by atoms with van der Waals surface area (Å²) in [7, 11) is 0. The van der Waals surface area contributed by atoms with E-state index in [4.69, 9.17) is 19.0 Å². The van der Waals surface area contributed by atoms with Crippen LogP contribution in [0.3, 0.4) is 0 Å². The van der Waals surface area contributed by atoms with Crippen LogP contribution in [0.15, 0.2) is 74.5 Å². The van der Waals surface area contributed by atoms with E-state index in [2.05, 4.69) is 10.1 Å². The maximum atomic E-state index is 13.5. The smallest absolute Gasteiger partial charge is 0.262 e. The minimum Gasteiger partial charge on any atom is -0.454 e. The Kier molecular flexibility index (Phi) is 5.08. The summed E-state index contributed by atoms with van der Waals surface area (Å²) in [6.45, 7) is 0.527. The molecule has 0 bridgehead atoms. The number of nitrogens with zero attached hydrogens (tertiary/aromatic N) is 4. The molecular weight excluding hydrogens is 460 g/mol. The minimum atomic E-state index is -0.144. The van der Waals surface area contributed by atoms with Crippen molar-refractivity contribution in [1.82, 2.24) is 19.7 Å². The molecule has 0 amide bonds. The predicted octanol–water partition coefficient (Wildman–Crippen LogP) is 4.58. The molecule has 0 radical (unpaired) electrons. The van der Waals surface area contributed by atoms with E-state index in [-0.39, 0.29) is 12.4 Å². The first-order valence-electron chi connectivity index (χ1n) is 10.1. The van der Waals surface area contributed by atoms with Gasteiger partial charge >= 0.3 is 0 Å². The zero-order valence-corrected chi connectivity index (χ0v) is 18.8. The van der Waals surface area contributed by atoms with Crippen molar-refractivity contribution < 1.29 is 14.0 Å². The summed E-state index contributed by atoms with van der Waals surface area (Å²) in [6, 6.07) is 17.1. The van der Waals surface area contributed by atoms with Gasteiger partial charge in [0.1, 0.15) is 0 Å². The molecule has 1 aliphatic heterocycles. The van der Waals surface area contributed by atoms with Crippen LogP contribution in [0.5, 0.6) is 11.5 Å². The number of hydrogen-bond donors (Lipinski definition) is 0. The van der Waals surface area contributed by atoms with Crippen molar-refractivity contribution in [1.29, 1.82) is 0 Å². The maximum Gasteiger partial charge on any atom is 0.262 e. The van der Waals surface area contributed by atoms with E-state index in [0.717, 1.165) is 10.4 Å². The van der Waals surface area contributed by atoms with E-state index in [9.17, 15) is 4.79 Å². The summed E-state index contributed by atoms with van der Waals surface area (Å²) in [5.74, 6) is 2.55. The Morgan fingerprint density at radius 3 is 2.70 bits per heavy atom. The molecule has 4 heterocycles. The normalized spacial score (nSPS) is 12.5. The number of aromatic nitrogens is 4. The lowest BCUT2D eigenvalue weighted by atomic mass is 10.2. The summed E-state index contributed by atoms with van der Waals surface area (Å²) < 4.78 is 18.0. The van der Waals surface area contributed by atoms with Crippen LogP contribution < -0.4 is 15.0 Å². The lowest BCUT2D eigenvalue weighted by Gasteiger charge is -2.13. The lowest BCUT2D eigenvalue weighted by molar-refractivity contribution is 0.174. The second-order valence-electron chi connectivity index (χ2n) is 7.27. The predicted molar refractivity (Wildman–Crippen MR) is 125 cm³/mol. The van der Waals surface area contributed by atoms with Crippen LogP contribution >= 0.6 is 23.1 Å². The number of hydrogen-bond acceptors (Lipinski definition) is 9. The average molecular weight is 477 g/mol. The molecule has 0 atom stereocenters. The van der Waals surface area contributed by atoms with E-state index in [1.807, 2.05) is 47.8 Å². The van der Waals surface area contributed by atoms with Crippen molar-refractivity contribution in [3.63, 3.8) is 0 Å². The molecule has 8 nitrogen and oxygen atoms in total. The van der Waals surface area contributed by atoms with Gasteiger partial charge in [0.05, 0.1) is 28.1 Å². The van der Waals surface area contributed by atoms with Crippen LogP contribution in [0.2, 0.25) is 0 Å². The molecule has 10 heteroatoms. The van der Waals surface area contributed by atoms with E-state index >= 15 is 0 Å². The topological polar surface area (TPSA) is 92.3 Å². The van der Waals surface area contributed by atoms with E-state index in [0.29, 0.717) is 51.6 Å². The number of ether oxygens (including phenoxy) is 2. The minimum absolute atomic E-state index is 0.134. The molecule has 0 spiro atoms. The third-order valence-electron chi connectivity index (χ3n) is 5.13. The van der Waals surface area contributed by atoms with Gasteiger partial charge in [-0.15, -0.1) is 11.3 Å². The third-order valence-corrected chi connectivity index (χ3v) is 6.96. The highest BCUT2D eigenvalue weighted by Crippen LogP contribution is 2.35. The Morgan fingerprint density at radius 1 is 1.03 bits per heavy atom. The second-order valence-corrected chi connectivity index (χ2v) is 9.16. The Bertz CT molecular complexity index is 1500. The zero-order valence-electron chi connectivity index (χ0n) is 17.1. The van der Waals surface area contributed by atoms with Crippen LogP contribution in [0, 0.1) is 0 Å². The molecular formula is C23H16N4O4S2. The van der Waals surface area contributed by atoms with Crippen LogP contribution in [0.25, 0.3) is 21.6 Å². The summed E-state index contributed by atoms with van der Waals surface area (Å²) in [6.07, 6.45) is 0. The van der Waals surface area contributed by atoms with Crippen LogP contribution in [0.4, 0.5) is 0 Å². The fourth-order valence-electron chi connectivity index (χ4n) is 3.55. The van der Waals surface area contributed by atoms with Gasteiger partial charge in [-0.3, -0.25) is 9.36 Å². The number of thiophene rings is 1. The molecule has 5 aromatic rings. The van der Waals surface area contributed by atoms with Crippen LogP contribution in [-0.4, -0.2) is 26.5 Å². The SMILES string of the molecule is O=c1c2cc3c(cc2nc(SCc2nc(-c4cccs4)no2)n1Cc1ccccc1)OCO3. The molecule has 0 saturated heterocycles. The number of fused-ring (bicyclic) bond motifs is 2. The average Bonchev–Trinajstić information content (AvgIpc) is 3.60. The Labute approximate surface area is 195 Å². The van der Waals surface area contributed by atoms with Crippen molar-refractivity contribution in [2.45, 2.75) is 17.5 Å². The zero-order chi connectivity index (χ0) is 22.2. The van der Waals surface area contributed by atoms with Crippen LogP contribution in [-0.2, 0) is 12.3 Å². The largest absolute Gasteiger partial charge is 0.454 e. The molecule has 2 aromatic carbocycles. The highest BCUT2D eigenvalue weighted by molar-refractivity contribution is 7.98. The summed E-state index contributed by atoms with van der Waals surface area (Å²) in [4.78, 5) is 23.7. The molecule has 6 rings (SSSR count). The summed E-state index contributed by atoms with van der Waals surface area (Å²) >= 11 is 2.93. The van der Waals surface area contributed by atoms with Crippen molar-refractivity contribution in [3.05, 3.63) is 81.8 Å². The molecule has 0 N–H and O–H groups in total. The van der Waals surface area contributed by atoms with Crippen molar-refractivity contribution in [2.75, 3.05) is 6.79 Å². The molecule has 1 aliphatic rings. The monoisotopic (exact) mass is 476 g/mol. The molecule has 0 saturated carbocycles. The van der Waals surface area contributed by atoms with E-state index < -0.39 is 0 Å². The molecule has 164 valence electrons. The third kappa shape index (κ3) is 3.87. The maximum absolute atomic E-state index is 13.5. The van der Waals surface area contributed by atoms with Crippen molar-refractivity contribution in [3.8, 4) is 22.2 Å². The molecule has 0 unspecified atom stereocenters. The van der Waals surface area contributed by atoms with Gasteiger partial charge in [-0.1, -0.05) is 53.3 Å². The molecule has 0 fully saturated rings. The first-order chi connectivity index (χ1) is 16.2. The molecule has 33 heavy (non-hydrogen) atoms. The number of benzene rings is 2. The first-order valence-corrected chi connectivity index (χ1v) is 12.0. The first kappa shape index (κ1) is 20.0. The van der Waals surface area contributed by atoms with E-state index in [1.165, 1.54) is 11.8 Å². The Morgan fingerprint density at radius 2 is 1.88 bits per heavy atom. The Balaban J connectivity index is 1.38. The number of thioether (sulfide) groups is 1. The highest BCUT2D eigenvalue weighted by atomic mass is 32.2. The van der Waals surface area contributed by atoms with Gasteiger partial charge in [0, 0.05) is 6.07 Å². The van der Waals surface area contributed by atoms with Gasteiger partial charge in [-0.25, -0.2) is 4.98 Å². The molecule has 0 aliphatic carbocycles. The molecule has 3 aromatic heterocycles. The van der Waals surface area contributed by atoms with Crippen LogP contribution in [0.1, 0.15) is 11.5 Å². The number of rotatable bonds is 6. The highest BCUT2D eigenvalue weighted by Gasteiger charge is 2.20. The quantitative estimate of drug-likeness (QED) is 0.260. The fraction of sp³-hybridized carbons (Fsp3) is 0.130. The van der Waals surface area contributed by atoms with Crippen molar-refractivity contribution >= 4 is 34.0 Å². The fourth-order valence-corrected chi connectivity index (χ4v) is 5.04. The van der Waals surface area contributed by atoms with Gasteiger partial charge in [0.2, 0.25) is 18.5 Å². The van der Waals surface area contributed by atoms with E-state index in [1.54, 1.807) is 28.0 Å². The lowest BCUT2D eigenvalue weighted by Crippen LogP contribution is -2.24. The van der Waals surface area contributed by atoms with Crippen molar-refractivity contribution in [2.24, 2.45) is 0 Å². The summed E-state index contributed by atoms with van der Waals surface area (Å²) in [5, 5.41) is 7.07. The van der Waals surface area contributed by atoms with Gasteiger partial charge in [-0.05, 0) is 23.1 Å². The van der Waals surface area contributed by atoms with Gasteiger partial charge in [-0.2, -0.15) is 4.98 Å². The Hall–Kier alpha value is -3.63. The second kappa shape index (κ2) is 8.38. The van der Waals surface area contributed by atoms with Gasteiger partial charge < -0.3 is 14.0 Å². The van der Waals surface area contributed by atoms with Gasteiger partial charge in [0.25, 0.3) is 5.56 Å². The van der Waals surface area contributed by atoms with Gasteiger partial charge in [0.15, 0.2) is 16.7 Å². The summed E-state index contributed by atoms with van der Waals surface area (Å²) in [5.41, 5.74) is 1.41.